The number of carbonyl (C=O) groups excluding carboxylic acids is 1. The largest absolute Gasteiger partial charge is 0.460 e. The van der Waals surface area contributed by atoms with E-state index >= 15 is 0 Å². The number of furan rings is 1. The van der Waals surface area contributed by atoms with Gasteiger partial charge in [-0.2, -0.15) is 5.10 Å². The molecule has 0 aliphatic carbocycles. The molecule has 1 aromatic carbocycles. The topological polar surface area (TPSA) is 70.9 Å². The van der Waals surface area contributed by atoms with Crippen LogP contribution < -0.4 is 5.32 Å². The molecule has 3 aromatic rings. The van der Waals surface area contributed by atoms with E-state index in [2.05, 4.69) is 15.5 Å². The second kappa shape index (κ2) is 6.03. The number of anilines is 1. The van der Waals surface area contributed by atoms with Crippen molar-refractivity contribution in [2.75, 3.05) is 11.1 Å². The fraction of sp³-hybridized carbons (Fsp3) is 0.176. The molecule has 3 heterocycles. The molecule has 4 rings (SSSR count). The van der Waals surface area contributed by atoms with E-state index in [-0.39, 0.29) is 11.2 Å². The SMILES string of the molecule is Cc1[nH]nc2c1[C@H](c1ccc(-c3ccc(Cl)cc3)o1)SCC(=O)N2. The number of amides is 1. The lowest BCUT2D eigenvalue weighted by Crippen LogP contribution is -2.12. The molecular weight excluding hydrogens is 346 g/mol. The molecule has 0 saturated heterocycles. The summed E-state index contributed by atoms with van der Waals surface area (Å²) in [6.45, 7) is 1.94. The van der Waals surface area contributed by atoms with Crippen molar-refractivity contribution in [3.8, 4) is 11.3 Å². The summed E-state index contributed by atoms with van der Waals surface area (Å²) in [4.78, 5) is 11.9. The first-order valence-corrected chi connectivity index (χ1v) is 8.86. The van der Waals surface area contributed by atoms with E-state index in [1.165, 1.54) is 11.8 Å². The van der Waals surface area contributed by atoms with Gasteiger partial charge in [-0.3, -0.25) is 9.89 Å². The summed E-state index contributed by atoms with van der Waals surface area (Å²) in [5, 5.41) is 10.6. The van der Waals surface area contributed by atoms with Gasteiger partial charge in [-0.15, -0.1) is 11.8 Å². The number of fused-ring (bicyclic) bond motifs is 1. The zero-order valence-corrected chi connectivity index (χ0v) is 14.4. The Kier molecular flexibility index (Phi) is 3.86. The number of nitrogens with zero attached hydrogens (tertiary/aromatic N) is 1. The summed E-state index contributed by atoms with van der Waals surface area (Å²) < 4.78 is 6.08. The molecule has 0 radical (unpaired) electrons. The molecule has 0 saturated carbocycles. The van der Waals surface area contributed by atoms with Gasteiger partial charge in [0.15, 0.2) is 5.82 Å². The number of aromatic nitrogens is 2. The summed E-state index contributed by atoms with van der Waals surface area (Å²) in [5.74, 6) is 2.45. The third-order valence-corrected chi connectivity index (χ3v) is 5.39. The van der Waals surface area contributed by atoms with Gasteiger partial charge in [0.25, 0.3) is 0 Å². The average molecular weight is 360 g/mol. The summed E-state index contributed by atoms with van der Waals surface area (Å²) in [5.41, 5.74) is 2.85. The van der Waals surface area contributed by atoms with Gasteiger partial charge < -0.3 is 9.73 Å². The predicted octanol–water partition coefficient (Wildman–Crippen LogP) is 4.41. The van der Waals surface area contributed by atoms with E-state index in [0.29, 0.717) is 16.6 Å². The summed E-state index contributed by atoms with van der Waals surface area (Å²) >= 11 is 7.47. The number of hydrogen-bond donors (Lipinski definition) is 2. The molecule has 7 heteroatoms. The van der Waals surface area contributed by atoms with Crippen molar-refractivity contribution in [3.63, 3.8) is 0 Å². The normalized spacial score (nSPS) is 17.2. The van der Waals surface area contributed by atoms with Crippen LogP contribution in [0.2, 0.25) is 5.02 Å². The van der Waals surface area contributed by atoms with Crippen LogP contribution in [-0.4, -0.2) is 21.9 Å². The van der Waals surface area contributed by atoms with Crippen LogP contribution in [0.4, 0.5) is 5.82 Å². The van der Waals surface area contributed by atoms with Crippen LogP contribution in [-0.2, 0) is 4.79 Å². The van der Waals surface area contributed by atoms with Gasteiger partial charge in [0.1, 0.15) is 11.5 Å². The molecule has 0 fully saturated rings. The lowest BCUT2D eigenvalue weighted by atomic mass is 10.1. The van der Waals surface area contributed by atoms with Crippen LogP contribution in [0, 0.1) is 6.92 Å². The third kappa shape index (κ3) is 2.72. The van der Waals surface area contributed by atoms with Gasteiger partial charge in [0, 0.05) is 21.8 Å². The Morgan fingerprint density at radius 3 is 2.83 bits per heavy atom. The molecule has 1 aliphatic rings. The zero-order chi connectivity index (χ0) is 16.7. The van der Waals surface area contributed by atoms with Gasteiger partial charge in [-0.05, 0) is 43.3 Å². The zero-order valence-electron chi connectivity index (χ0n) is 12.8. The second-order valence-corrected chi connectivity index (χ2v) is 7.09. The van der Waals surface area contributed by atoms with Crippen molar-refractivity contribution < 1.29 is 9.21 Å². The molecular formula is C17H14ClN3O2S. The van der Waals surface area contributed by atoms with Crippen molar-refractivity contribution in [1.82, 2.24) is 10.2 Å². The van der Waals surface area contributed by atoms with Gasteiger partial charge in [-0.1, -0.05) is 11.6 Å². The van der Waals surface area contributed by atoms with Gasteiger partial charge in [0.05, 0.1) is 11.0 Å². The number of aromatic amines is 1. The standard InChI is InChI=1S/C17H14ClN3O2S/c1-9-15-16(24-8-14(22)19-17(15)21-20-9)13-7-6-12(23-13)10-2-4-11(18)5-3-10/h2-7,16H,8H2,1H3,(H2,19,20,21,22)/t16-/m0/s1. The van der Waals surface area contributed by atoms with Crippen molar-refractivity contribution in [2.24, 2.45) is 0 Å². The van der Waals surface area contributed by atoms with Crippen molar-refractivity contribution in [2.45, 2.75) is 12.2 Å². The summed E-state index contributed by atoms with van der Waals surface area (Å²) in [7, 11) is 0. The smallest absolute Gasteiger partial charge is 0.235 e. The quantitative estimate of drug-likeness (QED) is 0.711. The molecule has 0 spiro atoms. The van der Waals surface area contributed by atoms with Crippen LogP contribution in [0.3, 0.4) is 0 Å². The molecule has 2 aromatic heterocycles. The Balaban J connectivity index is 1.73. The highest BCUT2D eigenvalue weighted by atomic mass is 35.5. The Bertz CT molecular complexity index is 901. The van der Waals surface area contributed by atoms with E-state index in [4.69, 9.17) is 16.0 Å². The summed E-state index contributed by atoms with van der Waals surface area (Å²) in [6.07, 6.45) is 0. The number of thioether (sulfide) groups is 1. The minimum absolute atomic E-state index is 0.0558. The molecule has 2 N–H and O–H groups in total. The van der Waals surface area contributed by atoms with Crippen molar-refractivity contribution >= 4 is 35.1 Å². The molecule has 122 valence electrons. The molecule has 1 atom stereocenters. The van der Waals surface area contributed by atoms with E-state index < -0.39 is 0 Å². The van der Waals surface area contributed by atoms with Crippen LogP contribution in [0.15, 0.2) is 40.8 Å². The Morgan fingerprint density at radius 2 is 2.04 bits per heavy atom. The molecule has 24 heavy (non-hydrogen) atoms. The first-order chi connectivity index (χ1) is 11.6. The van der Waals surface area contributed by atoms with Gasteiger partial charge >= 0.3 is 0 Å². The maximum Gasteiger partial charge on any atom is 0.235 e. The van der Waals surface area contributed by atoms with E-state index in [9.17, 15) is 4.79 Å². The fourth-order valence-electron chi connectivity index (χ4n) is 2.75. The fourth-order valence-corrected chi connectivity index (χ4v) is 4.01. The van der Waals surface area contributed by atoms with E-state index in [1.54, 1.807) is 0 Å². The number of benzene rings is 1. The maximum absolute atomic E-state index is 11.9. The average Bonchev–Trinajstić information content (AvgIpc) is 3.14. The lowest BCUT2D eigenvalue weighted by Gasteiger charge is -2.11. The van der Waals surface area contributed by atoms with Crippen molar-refractivity contribution in [3.05, 3.63) is 58.4 Å². The van der Waals surface area contributed by atoms with Crippen LogP contribution >= 0.6 is 23.4 Å². The van der Waals surface area contributed by atoms with Gasteiger partial charge in [-0.25, -0.2) is 0 Å². The highest BCUT2D eigenvalue weighted by molar-refractivity contribution is 8.00. The van der Waals surface area contributed by atoms with Crippen LogP contribution in [0.5, 0.6) is 0 Å². The highest BCUT2D eigenvalue weighted by Gasteiger charge is 2.30. The highest BCUT2D eigenvalue weighted by Crippen LogP contribution is 2.43. The molecule has 5 nitrogen and oxygen atoms in total. The Hall–Kier alpha value is -2.18. The number of halogens is 1. The van der Waals surface area contributed by atoms with Gasteiger partial charge in [0.2, 0.25) is 5.91 Å². The lowest BCUT2D eigenvalue weighted by molar-refractivity contribution is -0.113. The molecule has 1 amide bonds. The second-order valence-electron chi connectivity index (χ2n) is 5.56. The Morgan fingerprint density at radius 1 is 1.25 bits per heavy atom. The van der Waals surface area contributed by atoms with E-state index in [1.807, 2.05) is 43.3 Å². The molecule has 1 aliphatic heterocycles. The predicted molar refractivity (Wildman–Crippen MR) is 95.4 cm³/mol. The minimum atomic E-state index is -0.0845. The maximum atomic E-state index is 11.9. The Labute approximate surface area is 147 Å². The van der Waals surface area contributed by atoms with Crippen LogP contribution in [0.1, 0.15) is 22.3 Å². The number of carbonyl (C=O) groups is 1. The number of H-pyrrole nitrogens is 1. The number of hydrogen-bond acceptors (Lipinski definition) is 4. The van der Waals surface area contributed by atoms with Crippen molar-refractivity contribution in [1.29, 1.82) is 0 Å². The van der Waals surface area contributed by atoms with E-state index in [0.717, 1.165) is 28.3 Å². The molecule has 0 bridgehead atoms. The number of aryl methyl sites for hydroxylation is 1. The monoisotopic (exact) mass is 359 g/mol. The minimum Gasteiger partial charge on any atom is -0.460 e. The summed E-state index contributed by atoms with van der Waals surface area (Å²) in [6, 6.07) is 11.4. The number of nitrogens with one attached hydrogen (secondary N) is 2. The molecule has 0 unspecified atom stereocenters. The first-order valence-electron chi connectivity index (χ1n) is 7.44. The third-order valence-electron chi connectivity index (χ3n) is 3.91. The van der Waals surface area contributed by atoms with Crippen LogP contribution in [0.25, 0.3) is 11.3 Å². The number of rotatable bonds is 2. The first kappa shape index (κ1) is 15.4.